The van der Waals surface area contributed by atoms with Crippen LogP contribution in [-0.4, -0.2) is 47.9 Å². The summed E-state index contributed by atoms with van der Waals surface area (Å²) in [5, 5.41) is 0. The van der Waals surface area contributed by atoms with Crippen molar-refractivity contribution in [3.8, 4) is 0 Å². The maximum absolute atomic E-state index is 12.2. The van der Waals surface area contributed by atoms with Crippen molar-refractivity contribution in [1.82, 2.24) is 4.90 Å². The number of fused-ring (bicyclic) bond motifs is 1. The summed E-state index contributed by atoms with van der Waals surface area (Å²) >= 11 is 0. The van der Waals surface area contributed by atoms with Crippen molar-refractivity contribution in [2.45, 2.75) is 63.9 Å². The summed E-state index contributed by atoms with van der Waals surface area (Å²) < 4.78 is 11.4. The quantitative estimate of drug-likeness (QED) is 0.802. The van der Waals surface area contributed by atoms with E-state index in [1.54, 1.807) is 0 Å². The zero-order chi connectivity index (χ0) is 13.3. The van der Waals surface area contributed by atoms with Gasteiger partial charge in [0, 0.05) is 6.54 Å². The molecule has 2 aliphatic rings. The molecule has 0 spiro atoms. The van der Waals surface area contributed by atoms with Crippen molar-refractivity contribution in [2.75, 3.05) is 13.1 Å². The highest BCUT2D eigenvalue weighted by Gasteiger charge is 2.42. The van der Waals surface area contributed by atoms with Crippen LogP contribution in [-0.2, 0) is 9.47 Å². The smallest absolute Gasteiger partial charge is 0.410 e. The van der Waals surface area contributed by atoms with Crippen molar-refractivity contribution >= 4 is 18.5 Å². The Bertz CT molecular complexity index is 320. The number of halogens is 1. The largest absolute Gasteiger partial charge is 0.444 e. The van der Waals surface area contributed by atoms with Crippen LogP contribution in [0.15, 0.2) is 0 Å². The Morgan fingerprint density at radius 3 is 2.68 bits per heavy atom. The van der Waals surface area contributed by atoms with Gasteiger partial charge in [-0.15, -0.1) is 12.4 Å². The molecule has 1 aliphatic carbocycles. The molecule has 1 saturated carbocycles. The molecule has 3 atom stereocenters. The fraction of sp³-hybridized carbons (Fsp3) is 0.923. The number of rotatable bonds is 1. The summed E-state index contributed by atoms with van der Waals surface area (Å²) in [5.41, 5.74) is 5.22. The van der Waals surface area contributed by atoms with E-state index in [9.17, 15) is 4.79 Å². The van der Waals surface area contributed by atoms with Crippen LogP contribution in [0.25, 0.3) is 0 Å². The number of carbonyl (C=O) groups excluding carboxylic acids is 1. The zero-order valence-electron chi connectivity index (χ0n) is 11.9. The molecule has 112 valence electrons. The average molecular weight is 293 g/mol. The van der Waals surface area contributed by atoms with Crippen LogP contribution < -0.4 is 5.73 Å². The summed E-state index contributed by atoms with van der Waals surface area (Å²) in [6, 6.07) is 0.169. The summed E-state index contributed by atoms with van der Waals surface area (Å²) in [6.45, 7) is 6.66. The van der Waals surface area contributed by atoms with Gasteiger partial charge in [-0.1, -0.05) is 0 Å². The van der Waals surface area contributed by atoms with Gasteiger partial charge in [0.2, 0.25) is 0 Å². The molecule has 0 unspecified atom stereocenters. The van der Waals surface area contributed by atoms with Crippen LogP contribution in [0.1, 0.15) is 40.0 Å². The van der Waals surface area contributed by atoms with Crippen molar-refractivity contribution in [1.29, 1.82) is 0 Å². The van der Waals surface area contributed by atoms with Gasteiger partial charge in [0.25, 0.3) is 0 Å². The summed E-state index contributed by atoms with van der Waals surface area (Å²) in [4.78, 5) is 14.0. The highest BCUT2D eigenvalue weighted by molar-refractivity contribution is 5.85. The molecular formula is C13H25ClN2O3. The Kier molecular flexibility index (Phi) is 5.47. The molecule has 0 aromatic carbocycles. The molecule has 0 aromatic rings. The molecule has 1 saturated heterocycles. The lowest BCUT2D eigenvalue weighted by atomic mass is 10.1. The van der Waals surface area contributed by atoms with E-state index >= 15 is 0 Å². The minimum Gasteiger partial charge on any atom is -0.444 e. The molecule has 6 heteroatoms. The molecule has 2 N–H and O–H groups in total. The Hall–Kier alpha value is -0.520. The van der Waals surface area contributed by atoms with Gasteiger partial charge in [0.1, 0.15) is 5.60 Å². The van der Waals surface area contributed by atoms with Crippen molar-refractivity contribution in [2.24, 2.45) is 5.73 Å². The van der Waals surface area contributed by atoms with E-state index in [0.29, 0.717) is 13.1 Å². The lowest BCUT2D eigenvalue weighted by molar-refractivity contribution is -0.103. The first-order valence-corrected chi connectivity index (χ1v) is 6.76. The number of hydrogen-bond donors (Lipinski definition) is 1. The standard InChI is InChI=1S/C13H24N2O3.ClH/c1-13(2,3)18-12(16)15-8-9(7-14)17-11-6-4-5-10(11)15;/h9-11H,4-8,14H2,1-3H3;1H/t9-,10+,11+;/m1./s1. The first kappa shape index (κ1) is 16.5. The van der Waals surface area contributed by atoms with Crippen LogP contribution in [0, 0.1) is 0 Å². The number of amides is 1. The van der Waals surface area contributed by atoms with Gasteiger partial charge in [0.05, 0.1) is 24.8 Å². The summed E-state index contributed by atoms with van der Waals surface area (Å²) in [6.07, 6.45) is 2.96. The van der Waals surface area contributed by atoms with Crippen molar-refractivity contribution in [3.63, 3.8) is 0 Å². The van der Waals surface area contributed by atoms with E-state index in [2.05, 4.69) is 0 Å². The van der Waals surface area contributed by atoms with Gasteiger partial charge in [-0.05, 0) is 40.0 Å². The van der Waals surface area contributed by atoms with E-state index in [-0.39, 0.29) is 36.8 Å². The Morgan fingerprint density at radius 1 is 1.42 bits per heavy atom. The SMILES string of the molecule is CC(C)(C)OC(=O)N1C[C@@H](CN)O[C@H]2CCC[C@@H]21.Cl. The third kappa shape index (κ3) is 3.97. The molecule has 5 nitrogen and oxygen atoms in total. The number of morpholine rings is 1. The fourth-order valence-corrected chi connectivity index (χ4v) is 2.73. The van der Waals surface area contributed by atoms with Crippen LogP contribution in [0.3, 0.4) is 0 Å². The van der Waals surface area contributed by atoms with E-state index < -0.39 is 5.60 Å². The predicted molar refractivity (Wildman–Crippen MR) is 75.5 cm³/mol. The molecule has 2 fully saturated rings. The topological polar surface area (TPSA) is 64.8 Å². The van der Waals surface area contributed by atoms with E-state index in [1.165, 1.54) is 0 Å². The number of carbonyl (C=O) groups is 1. The lowest BCUT2D eigenvalue weighted by Gasteiger charge is -2.41. The van der Waals surface area contributed by atoms with Gasteiger partial charge >= 0.3 is 6.09 Å². The maximum atomic E-state index is 12.2. The number of hydrogen-bond acceptors (Lipinski definition) is 4. The molecule has 1 amide bonds. The predicted octanol–water partition coefficient (Wildman–Crippen LogP) is 1.92. The Labute approximate surface area is 121 Å². The molecule has 2 rings (SSSR count). The second-order valence-corrected chi connectivity index (χ2v) is 6.16. The normalized spacial score (nSPS) is 30.5. The van der Waals surface area contributed by atoms with Gasteiger partial charge in [-0.2, -0.15) is 0 Å². The first-order valence-electron chi connectivity index (χ1n) is 6.76. The third-order valence-corrected chi connectivity index (χ3v) is 3.48. The lowest BCUT2D eigenvalue weighted by Crippen LogP contribution is -2.57. The Balaban J connectivity index is 0.00000180. The van der Waals surface area contributed by atoms with Crippen LogP contribution in [0.4, 0.5) is 4.79 Å². The molecule has 0 bridgehead atoms. The van der Waals surface area contributed by atoms with Crippen molar-refractivity contribution < 1.29 is 14.3 Å². The molecule has 1 aliphatic heterocycles. The molecule has 0 radical (unpaired) electrons. The molecule has 1 heterocycles. The monoisotopic (exact) mass is 292 g/mol. The van der Waals surface area contributed by atoms with E-state index in [0.717, 1.165) is 19.3 Å². The molecular weight excluding hydrogens is 268 g/mol. The molecule has 0 aromatic heterocycles. The van der Waals surface area contributed by atoms with Crippen molar-refractivity contribution in [3.05, 3.63) is 0 Å². The minimum atomic E-state index is -0.457. The van der Waals surface area contributed by atoms with Gasteiger partial charge in [-0.3, -0.25) is 4.90 Å². The van der Waals surface area contributed by atoms with Crippen LogP contribution >= 0.6 is 12.4 Å². The first-order chi connectivity index (χ1) is 8.40. The highest BCUT2D eigenvalue weighted by atomic mass is 35.5. The summed E-state index contributed by atoms with van der Waals surface area (Å²) in [7, 11) is 0. The zero-order valence-corrected chi connectivity index (χ0v) is 12.7. The van der Waals surface area contributed by atoms with Gasteiger partial charge in [-0.25, -0.2) is 4.79 Å². The van der Waals surface area contributed by atoms with Crippen LogP contribution in [0.2, 0.25) is 0 Å². The summed E-state index contributed by atoms with van der Waals surface area (Å²) in [5.74, 6) is 0. The number of ether oxygens (including phenoxy) is 2. The Morgan fingerprint density at radius 2 is 2.11 bits per heavy atom. The highest BCUT2D eigenvalue weighted by Crippen LogP contribution is 2.32. The van der Waals surface area contributed by atoms with Gasteiger partial charge in [0.15, 0.2) is 0 Å². The van der Waals surface area contributed by atoms with E-state index in [1.807, 2.05) is 25.7 Å². The third-order valence-electron chi connectivity index (χ3n) is 3.48. The second-order valence-electron chi connectivity index (χ2n) is 6.16. The number of nitrogens with two attached hydrogens (primary N) is 1. The maximum Gasteiger partial charge on any atom is 0.410 e. The van der Waals surface area contributed by atoms with E-state index in [4.69, 9.17) is 15.2 Å². The van der Waals surface area contributed by atoms with Crippen LogP contribution in [0.5, 0.6) is 0 Å². The second kappa shape index (κ2) is 6.29. The van der Waals surface area contributed by atoms with Gasteiger partial charge < -0.3 is 15.2 Å². The number of nitrogens with zero attached hydrogens (tertiary/aromatic N) is 1. The fourth-order valence-electron chi connectivity index (χ4n) is 2.73. The minimum absolute atomic E-state index is 0. The molecule has 19 heavy (non-hydrogen) atoms. The average Bonchev–Trinajstić information content (AvgIpc) is 2.72.